The van der Waals surface area contributed by atoms with Crippen LogP contribution in [0.3, 0.4) is 0 Å². The van der Waals surface area contributed by atoms with E-state index in [-0.39, 0.29) is 18.8 Å². The molecule has 0 atom stereocenters. The minimum atomic E-state index is -0.554. The molecule has 22 heavy (non-hydrogen) atoms. The molecule has 0 aliphatic rings. The molecule has 2 rings (SSSR count). The quantitative estimate of drug-likeness (QED) is 0.800. The number of ether oxygens (including phenoxy) is 2. The lowest BCUT2D eigenvalue weighted by molar-refractivity contribution is 0.0592. The predicted molar refractivity (Wildman–Crippen MR) is 76.0 cm³/mol. The number of carbonyl (C=O) groups excluding carboxylic acids is 2. The van der Waals surface area contributed by atoms with E-state index < -0.39 is 12.1 Å². The summed E-state index contributed by atoms with van der Waals surface area (Å²) in [4.78, 5) is 24.0. The van der Waals surface area contributed by atoms with Gasteiger partial charge in [0.2, 0.25) is 0 Å². The van der Waals surface area contributed by atoms with Crippen LogP contribution < -0.4 is 5.32 Å². The standard InChI is InChI=1S/C14H16N4O4/c1-21-13(19)12-9-16-18(17-12)8-7-15-14(20)22-10-11-5-3-2-4-6-11/h2-6,9H,7-8,10H2,1H3,(H,15,20). The van der Waals surface area contributed by atoms with Gasteiger partial charge in [0.05, 0.1) is 19.9 Å². The summed E-state index contributed by atoms with van der Waals surface area (Å²) in [7, 11) is 1.27. The van der Waals surface area contributed by atoms with Gasteiger partial charge in [0, 0.05) is 6.54 Å². The third kappa shape index (κ3) is 4.58. The molecule has 2 aromatic rings. The van der Waals surface area contributed by atoms with E-state index in [1.165, 1.54) is 18.1 Å². The van der Waals surface area contributed by atoms with Crippen LogP contribution in [0, 0.1) is 0 Å². The number of amides is 1. The number of esters is 1. The van der Waals surface area contributed by atoms with Gasteiger partial charge >= 0.3 is 12.1 Å². The summed E-state index contributed by atoms with van der Waals surface area (Å²) in [5.41, 5.74) is 1.03. The minimum Gasteiger partial charge on any atom is -0.464 e. The first-order valence-corrected chi connectivity index (χ1v) is 6.62. The number of aromatic nitrogens is 3. The van der Waals surface area contributed by atoms with Crippen LogP contribution in [0.5, 0.6) is 0 Å². The van der Waals surface area contributed by atoms with Gasteiger partial charge in [0.15, 0.2) is 5.69 Å². The highest BCUT2D eigenvalue weighted by atomic mass is 16.5. The molecule has 1 N–H and O–H groups in total. The van der Waals surface area contributed by atoms with Gasteiger partial charge in [-0.05, 0) is 5.56 Å². The molecule has 1 heterocycles. The average Bonchev–Trinajstić information content (AvgIpc) is 3.02. The van der Waals surface area contributed by atoms with E-state index in [2.05, 4.69) is 20.3 Å². The maximum atomic E-state index is 11.5. The SMILES string of the molecule is COC(=O)c1cnn(CCNC(=O)OCc2ccccc2)n1. The molecule has 8 nitrogen and oxygen atoms in total. The van der Waals surface area contributed by atoms with E-state index in [9.17, 15) is 9.59 Å². The van der Waals surface area contributed by atoms with Gasteiger partial charge in [-0.2, -0.15) is 9.90 Å². The number of nitrogens with one attached hydrogen (secondary N) is 1. The third-order valence-electron chi connectivity index (χ3n) is 2.72. The molecule has 8 heteroatoms. The van der Waals surface area contributed by atoms with E-state index in [4.69, 9.17) is 4.74 Å². The molecule has 0 radical (unpaired) electrons. The highest BCUT2D eigenvalue weighted by Gasteiger charge is 2.10. The number of carbonyl (C=O) groups is 2. The van der Waals surface area contributed by atoms with Crippen LogP contribution in [0.2, 0.25) is 0 Å². The number of nitrogens with zero attached hydrogens (tertiary/aromatic N) is 3. The molecular formula is C14H16N4O4. The van der Waals surface area contributed by atoms with Gasteiger partial charge in [-0.3, -0.25) is 0 Å². The lowest BCUT2D eigenvalue weighted by Gasteiger charge is -2.06. The number of hydrogen-bond donors (Lipinski definition) is 1. The smallest absolute Gasteiger partial charge is 0.407 e. The fraction of sp³-hybridized carbons (Fsp3) is 0.286. The highest BCUT2D eigenvalue weighted by molar-refractivity contribution is 5.86. The fourth-order valence-corrected chi connectivity index (χ4v) is 1.64. The summed E-state index contributed by atoms with van der Waals surface area (Å²) in [6, 6.07) is 9.38. The number of hydrogen-bond acceptors (Lipinski definition) is 6. The van der Waals surface area contributed by atoms with Gasteiger partial charge in [0.25, 0.3) is 0 Å². The van der Waals surface area contributed by atoms with Gasteiger partial charge in [0.1, 0.15) is 6.61 Å². The number of alkyl carbamates (subject to hydrolysis) is 1. The van der Waals surface area contributed by atoms with Crippen LogP contribution in [-0.4, -0.2) is 40.7 Å². The van der Waals surface area contributed by atoms with Crippen molar-refractivity contribution in [2.75, 3.05) is 13.7 Å². The summed E-state index contributed by atoms with van der Waals surface area (Å²) in [5, 5.41) is 10.4. The van der Waals surface area contributed by atoms with Crippen molar-refractivity contribution in [2.45, 2.75) is 13.2 Å². The summed E-state index contributed by atoms with van der Waals surface area (Å²) in [6.07, 6.45) is 0.781. The molecule has 0 unspecified atom stereocenters. The van der Waals surface area contributed by atoms with Gasteiger partial charge < -0.3 is 14.8 Å². The molecule has 0 saturated heterocycles. The molecule has 0 spiro atoms. The topological polar surface area (TPSA) is 95.3 Å². The van der Waals surface area contributed by atoms with E-state index in [1.807, 2.05) is 30.3 Å². The number of benzene rings is 1. The third-order valence-corrected chi connectivity index (χ3v) is 2.72. The fourth-order valence-electron chi connectivity index (χ4n) is 1.64. The Labute approximate surface area is 127 Å². The van der Waals surface area contributed by atoms with Crippen molar-refractivity contribution >= 4 is 12.1 Å². The molecule has 0 aliphatic heterocycles. The zero-order valence-corrected chi connectivity index (χ0v) is 12.1. The van der Waals surface area contributed by atoms with Crippen molar-refractivity contribution in [3.8, 4) is 0 Å². The second-order valence-corrected chi connectivity index (χ2v) is 4.31. The molecule has 0 fully saturated rings. The second-order valence-electron chi connectivity index (χ2n) is 4.31. The average molecular weight is 304 g/mol. The second kappa shape index (κ2) is 7.77. The predicted octanol–water partition coefficient (Wildman–Crippen LogP) is 0.991. The Hall–Kier alpha value is -2.90. The Bertz CT molecular complexity index is 627. The van der Waals surface area contributed by atoms with E-state index in [0.29, 0.717) is 6.54 Å². The van der Waals surface area contributed by atoms with Crippen LogP contribution in [0.15, 0.2) is 36.5 Å². The first kappa shape index (κ1) is 15.5. The van der Waals surface area contributed by atoms with E-state index >= 15 is 0 Å². The molecule has 0 aliphatic carbocycles. The molecule has 1 amide bonds. The largest absolute Gasteiger partial charge is 0.464 e. The first-order valence-electron chi connectivity index (χ1n) is 6.62. The van der Waals surface area contributed by atoms with Crippen molar-refractivity contribution in [2.24, 2.45) is 0 Å². The maximum Gasteiger partial charge on any atom is 0.407 e. The van der Waals surface area contributed by atoms with Crippen LogP contribution in [0.25, 0.3) is 0 Å². The van der Waals surface area contributed by atoms with E-state index in [0.717, 1.165) is 5.56 Å². The van der Waals surface area contributed by atoms with Crippen molar-refractivity contribution < 1.29 is 19.1 Å². The van der Waals surface area contributed by atoms with Gasteiger partial charge in [-0.25, -0.2) is 9.59 Å². The molecule has 0 saturated carbocycles. The van der Waals surface area contributed by atoms with Gasteiger partial charge in [-0.15, -0.1) is 5.10 Å². The molecular weight excluding hydrogens is 288 g/mol. The Balaban J connectivity index is 1.68. The minimum absolute atomic E-state index is 0.120. The zero-order chi connectivity index (χ0) is 15.8. The maximum absolute atomic E-state index is 11.5. The van der Waals surface area contributed by atoms with Crippen LogP contribution in [0.1, 0.15) is 16.1 Å². The van der Waals surface area contributed by atoms with Crippen LogP contribution in [-0.2, 0) is 22.6 Å². The summed E-state index contributed by atoms with van der Waals surface area (Å²) in [6.45, 7) is 0.805. The Kier molecular flexibility index (Phi) is 5.47. The Morgan fingerprint density at radius 3 is 2.77 bits per heavy atom. The van der Waals surface area contributed by atoms with Crippen molar-refractivity contribution in [1.29, 1.82) is 0 Å². The lowest BCUT2D eigenvalue weighted by Crippen LogP contribution is -2.28. The van der Waals surface area contributed by atoms with Crippen molar-refractivity contribution in [3.63, 3.8) is 0 Å². The summed E-state index contributed by atoms with van der Waals surface area (Å²) in [5.74, 6) is -0.554. The van der Waals surface area contributed by atoms with E-state index in [1.54, 1.807) is 0 Å². The first-order chi connectivity index (χ1) is 10.7. The highest BCUT2D eigenvalue weighted by Crippen LogP contribution is 2.00. The molecule has 1 aromatic carbocycles. The summed E-state index contributed by atoms with van der Waals surface area (Å²) >= 11 is 0. The monoisotopic (exact) mass is 304 g/mol. The van der Waals surface area contributed by atoms with Crippen molar-refractivity contribution in [3.05, 3.63) is 47.8 Å². The normalized spacial score (nSPS) is 10.0. The Morgan fingerprint density at radius 1 is 1.27 bits per heavy atom. The molecule has 116 valence electrons. The molecule has 0 bridgehead atoms. The lowest BCUT2D eigenvalue weighted by atomic mass is 10.2. The number of methoxy groups -OCH3 is 1. The molecule has 1 aromatic heterocycles. The summed E-state index contributed by atoms with van der Waals surface area (Å²) < 4.78 is 9.57. The zero-order valence-electron chi connectivity index (χ0n) is 12.1. The van der Waals surface area contributed by atoms with Gasteiger partial charge in [-0.1, -0.05) is 30.3 Å². The Morgan fingerprint density at radius 2 is 2.05 bits per heavy atom. The van der Waals surface area contributed by atoms with Crippen LogP contribution in [0.4, 0.5) is 4.79 Å². The number of rotatable bonds is 6. The van der Waals surface area contributed by atoms with Crippen LogP contribution >= 0.6 is 0 Å². The van der Waals surface area contributed by atoms with Crippen molar-refractivity contribution in [1.82, 2.24) is 20.3 Å².